The number of hydrogen-bond donors (Lipinski definition) is 2. The zero-order chi connectivity index (χ0) is 12.7. The summed E-state index contributed by atoms with van der Waals surface area (Å²) < 4.78 is 3.36. The third-order valence-corrected chi connectivity index (χ3v) is 3.45. The second kappa shape index (κ2) is 4.09. The molecule has 18 heavy (non-hydrogen) atoms. The highest BCUT2D eigenvalue weighted by molar-refractivity contribution is 5.70. The maximum absolute atomic E-state index is 12.0. The van der Waals surface area contributed by atoms with Gasteiger partial charge in [0, 0.05) is 19.1 Å². The molecular formula is C11H15N5O2. The first-order valence-electron chi connectivity index (χ1n) is 6.12. The Hall–Kier alpha value is -1.89. The Labute approximate surface area is 102 Å². The van der Waals surface area contributed by atoms with Crippen molar-refractivity contribution in [1.82, 2.24) is 24.4 Å². The lowest BCUT2D eigenvalue weighted by molar-refractivity contribution is 0.559. The summed E-state index contributed by atoms with van der Waals surface area (Å²) in [6.07, 6.45) is 2.62. The van der Waals surface area contributed by atoms with E-state index in [1.165, 1.54) is 4.57 Å². The van der Waals surface area contributed by atoms with Gasteiger partial charge in [-0.2, -0.15) is 0 Å². The van der Waals surface area contributed by atoms with Crippen molar-refractivity contribution in [3.05, 3.63) is 27.2 Å². The van der Waals surface area contributed by atoms with Gasteiger partial charge in [0.2, 0.25) is 0 Å². The van der Waals surface area contributed by atoms with Crippen LogP contribution >= 0.6 is 0 Å². The summed E-state index contributed by atoms with van der Waals surface area (Å²) in [4.78, 5) is 30.2. The summed E-state index contributed by atoms with van der Waals surface area (Å²) >= 11 is 0. The van der Waals surface area contributed by atoms with Crippen LogP contribution in [0, 0.1) is 0 Å². The van der Waals surface area contributed by atoms with Crippen LogP contribution in [0.1, 0.15) is 19.4 Å². The maximum Gasteiger partial charge on any atom is 0.330 e. The molecule has 1 atom stereocenters. The van der Waals surface area contributed by atoms with E-state index in [1.54, 1.807) is 6.33 Å². The molecule has 0 saturated carbocycles. The van der Waals surface area contributed by atoms with Gasteiger partial charge in [-0.25, -0.2) is 9.78 Å². The molecule has 0 spiro atoms. The lowest BCUT2D eigenvalue weighted by atomic mass is 10.2. The van der Waals surface area contributed by atoms with Gasteiger partial charge in [-0.15, -0.1) is 0 Å². The molecular weight excluding hydrogens is 234 g/mol. The molecule has 1 unspecified atom stereocenters. The van der Waals surface area contributed by atoms with Crippen molar-refractivity contribution in [3.8, 4) is 0 Å². The van der Waals surface area contributed by atoms with E-state index >= 15 is 0 Å². The summed E-state index contributed by atoms with van der Waals surface area (Å²) in [7, 11) is 0. The smallest absolute Gasteiger partial charge is 0.320 e. The number of imidazole rings is 1. The molecule has 2 aromatic rings. The molecule has 7 heteroatoms. The summed E-state index contributed by atoms with van der Waals surface area (Å²) in [6, 6.07) is 0.235. The van der Waals surface area contributed by atoms with E-state index in [1.807, 2.05) is 11.5 Å². The number of aromatic amines is 1. The van der Waals surface area contributed by atoms with Gasteiger partial charge >= 0.3 is 5.69 Å². The Morgan fingerprint density at radius 3 is 3.00 bits per heavy atom. The van der Waals surface area contributed by atoms with Crippen molar-refractivity contribution in [2.75, 3.05) is 13.1 Å². The second-order valence-electron chi connectivity index (χ2n) is 4.47. The number of nitrogens with zero attached hydrogens (tertiary/aromatic N) is 3. The lowest BCUT2D eigenvalue weighted by Crippen LogP contribution is -2.31. The number of nitrogens with one attached hydrogen (secondary N) is 2. The average Bonchev–Trinajstić information content (AvgIpc) is 2.96. The third kappa shape index (κ3) is 1.51. The highest BCUT2D eigenvalue weighted by atomic mass is 16.2. The zero-order valence-electron chi connectivity index (χ0n) is 10.1. The molecule has 3 rings (SSSR count). The fourth-order valence-electron chi connectivity index (χ4n) is 2.53. The molecule has 1 aliphatic rings. The van der Waals surface area contributed by atoms with Crippen molar-refractivity contribution in [2.45, 2.75) is 25.9 Å². The van der Waals surface area contributed by atoms with Crippen LogP contribution < -0.4 is 16.6 Å². The van der Waals surface area contributed by atoms with Crippen LogP contribution in [-0.4, -0.2) is 32.2 Å². The predicted octanol–water partition coefficient (Wildman–Crippen LogP) is -0.559. The van der Waals surface area contributed by atoms with E-state index in [0.717, 1.165) is 19.5 Å². The molecule has 2 aromatic heterocycles. The summed E-state index contributed by atoms with van der Waals surface area (Å²) in [5.74, 6) is 0. The third-order valence-electron chi connectivity index (χ3n) is 3.45. The zero-order valence-corrected chi connectivity index (χ0v) is 10.1. The summed E-state index contributed by atoms with van der Waals surface area (Å²) in [5.41, 5.74) is 0.206. The summed E-state index contributed by atoms with van der Waals surface area (Å²) in [5, 5.41) is 3.26. The van der Waals surface area contributed by atoms with E-state index < -0.39 is 5.69 Å². The normalized spacial score (nSPS) is 19.7. The van der Waals surface area contributed by atoms with Crippen LogP contribution in [0.4, 0.5) is 0 Å². The van der Waals surface area contributed by atoms with Crippen molar-refractivity contribution in [1.29, 1.82) is 0 Å². The first kappa shape index (κ1) is 11.2. The Balaban J connectivity index is 2.30. The van der Waals surface area contributed by atoms with Gasteiger partial charge in [0.1, 0.15) is 0 Å². The molecule has 0 aliphatic carbocycles. The number of H-pyrrole nitrogens is 1. The molecule has 96 valence electrons. The Morgan fingerprint density at radius 2 is 2.33 bits per heavy atom. The Kier molecular flexibility index (Phi) is 2.55. The van der Waals surface area contributed by atoms with Gasteiger partial charge < -0.3 is 9.88 Å². The maximum atomic E-state index is 12.0. The first-order valence-corrected chi connectivity index (χ1v) is 6.12. The van der Waals surface area contributed by atoms with Crippen molar-refractivity contribution >= 4 is 11.2 Å². The van der Waals surface area contributed by atoms with Crippen LogP contribution in [0.3, 0.4) is 0 Å². The quantitative estimate of drug-likeness (QED) is 0.747. The van der Waals surface area contributed by atoms with Gasteiger partial charge in [-0.1, -0.05) is 0 Å². The van der Waals surface area contributed by atoms with E-state index in [4.69, 9.17) is 0 Å². The van der Waals surface area contributed by atoms with Crippen LogP contribution in [0.2, 0.25) is 0 Å². The number of aryl methyl sites for hydroxylation is 1. The summed E-state index contributed by atoms with van der Waals surface area (Å²) in [6.45, 7) is 4.12. The van der Waals surface area contributed by atoms with Gasteiger partial charge in [0.15, 0.2) is 11.2 Å². The molecule has 2 N–H and O–H groups in total. The van der Waals surface area contributed by atoms with Crippen LogP contribution in [0.15, 0.2) is 15.9 Å². The predicted molar refractivity (Wildman–Crippen MR) is 66.8 cm³/mol. The van der Waals surface area contributed by atoms with Crippen molar-refractivity contribution in [2.24, 2.45) is 0 Å². The van der Waals surface area contributed by atoms with E-state index in [9.17, 15) is 9.59 Å². The fourth-order valence-corrected chi connectivity index (χ4v) is 2.53. The fraction of sp³-hybridized carbons (Fsp3) is 0.545. The number of fused-ring (bicyclic) bond motifs is 1. The molecule has 1 saturated heterocycles. The van der Waals surface area contributed by atoms with E-state index in [0.29, 0.717) is 17.7 Å². The Bertz CT molecular complexity index is 690. The van der Waals surface area contributed by atoms with Gasteiger partial charge in [-0.05, 0) is 19.9 Å². The second-order valence-corrected chi connectivity index (χ2v) is 4.47. The molecule has 3 heterocycles. The highest BCUT2D eigenvalue weighted by Crippen LogP contribution is 2.18. The molecule has 1 fully saturated rings. The first-order chi connectivity index (χ1) is 8.72. The number of aromatic nitrogens is 4. The Morgan fingerprint density at radius 1 is 1.50 bits per heavy atom. The average molecular weight is 249 g/mol. The van der Waals surface area contributed by atoms with Crippen molar-refractivity contribution in [3.63, 3.8) is 0 Å². The number of rotatable bonds is 2. The SMILES string of the molecule is CCn1c(=O)[nH]c(=O)c2c1ncn2C1CCNC1. The van der Waals surface area contributed by atoms with Gasteiger partial charge in [0.25, 0.3) is 5.56 Å². The lowest BCUT2D eigenvalue weighted by Gasteiger charge is -2.11. The molecule has 0 bridgehead atoms. The van der Waals surface area contributed by atoms with Crippen LogP contribution in [0.5, 0.6) is 0 Å². The monoisotopic (exact) mass is 249 g/mol. The van der Waals surface area contributed by atoms with Crippen LogP contribution in [-0.2, 0) is 6.54 Å². The van der Waals surface area contributed by atoms with Crippen molar-refractivity contribution < 1.29 is 0 Å². The van der Waals surface area contributed by atoms with Gasteiger partial charge in [-0.3, -0.25) is 14.3 Å². The van der Waals surface area contributed by atoms with Crippen LogP contribution in [0.25, 0.3) is 11.2 Å². The standard InChI is InChI=1S/C11H15N5O2/c1-2-15-9-8(10(17)14-11(15)18)16(6-13-9)7-3-4-12-5-7/h6-7,12H,2-5H2,1H3,(H,14,17,18). The minimum atomic E-state index is -0.398. The molecule has 1 aliphatic heterocycles. The van der Waals surface area contributed by atoms with E-state index in [2.05, 4.69) is 15.3 Å². The minimum absolute atomic E-state index is 0.235. The van der Waals surface area contributed by atoms with E-state index in [-0.39, 0.29) is 11.6 Å². The largest absolute Gasteiger partial charge is 0.330 e. The van der Waals surface area contributed by atoms with Gasteiger partial charge in [0.05, 0.1) is 6.33 Å². The molecule has 7 nitrogen and oxygen atoms in total. The topological polar surface area (TPSA) is 84.7 Å². The molecule has 0 radical (unpaired) electrons. The highest BCUT2D eigenvalue weighted by Gasteiger charge is 2.21. The minimum Gasteiger partial charge on any atom is -0.320 e. The molecule has 0 amide bonds. The molecule has 0 aromatic carbocycles. The number of hydrogen-bond acceptors (Lipinski definition) is 4.